The van der Waals surface area contributed by atoms with Gasteiger partial charge in [-0.1, -0.05) is 33.6 Å². The van der Waals surface area contributed by atoms with E-state index in [0.29, 0.717) is 12.1 Å². The van der Waals surface area contributed by atoms with Crippen molar-refractivity contribution in [2.45, 2.75) is 58.6 Å². The quantitative estimate of drug-likeness (QED) is 0.661. The van der Waals surface area contributed by atoms with E-state index in [-0.39, 0.29) is 0 Å². The van der Waals surface area contributed by atoms with Gasteiger partial charge in [-0.2, -0.15) is 0 Å². The Morgan fingerprint density at radius 3 is 2.82 bits per heavy atom. The summed E-state index contributed by atoms with van der Waals surface area (Å²) in [4.78, 5) is 2.49. The number of nitrogens with zero attached hydrogens (tertiary/aromatic N) is 1. The molecule has 1 aliphatic rings. The summed E-state index contributed by atoms with van der Waals surface area (Å²) in [6, 6.07) is 0.620. The molecule has 1 fully saturated rings. The second-order valence-electron chi connectivity index (χ2n) is 5.34. The van der Waals surface area contributed by atoms with Crippen LogP contribution in [0.3, 0.4) is 0 Å². The maximum atomic E-state index is 5.80. The highest BCUT2D eigenvalue weighted by molar-refractivity contribution is 4.70. The van der Waals surface area contributed by atoms with Crippen LogP contribution in [0.25, 0.3) is 0 Å². The Hall–Kier alpha value is -0.120. The van der Waals surface area contributed by atoms with Crippen molar-refractivity contribution in [3.63, 3.8) is 0 Å². The van der Waals surface area contributed by atoms with Gasteiger partial charge in [0.2, 0.25) is 0 Å². The van der Waals surface area contributed by atoms with Gasteiger partial charge in [-0.15, -0.1) is 0 Å². The molecule has 0 spiro atoms. The standard InChI is InChI=1S/C14H30N2O/c1-4-16-10-11-17-14(12-16)8-6-5-7-9-15-13(2)3/h13-15H,4-12H2,1-3H3. The van der Waals surface area contributed by atoms with Crippen molar-refractivity contribution in [1.29, 1.82) is 0 Å². The van der Waals surface area contributed by atoms with Crippen LogP contribution in [0, 0.1) is 0 Å². The van der Waals surface area contributed by atoms with Crippen LogP contribution >= 0.6 is 0 Å². The van der Waals surface area contributed by atoms with Crippen LogP contribution in [-0.2, 0) is 4.74 Å². The molecule has 1 heterocycles. The topological polar surface area (TPSA) is 24.5 Å². The Morgan fingerprint density at radius 2 is 2.12 bits per heavy atom. The second-order valence-corrected chi connectivity index (χ2v) is 5.34. The predicted molar refractivity (Wildman–Crippen MR) is 73.5 cm³/mol. The van der Waals surface area contributed by atoms with Crippen LogP contribution in [0.1, 0.15) is 46.5 Å². The third kappa shape index (κ3) is 7.02. The molecule has 0 aromatic rings. The first kappa shape index (κ1) is 14.9. The van der Waals surface area contributed by atoms with Crippen molar-refractivity contribution < 1.29 is 4.74 Å². The summed E-state index contributed by atoms with van der Waals surface area (Å²) in [5, 5.41) is 3.46. The maximum Gasteiger partial charge on any atom is 0.0702 e. The van der Waals surface area contributed by atoms with Gasteiger partial charge in [0.1, 0.15) is 0 Å². The van der Waals surface area contributed by atoms with Crippen molar-refractivity contribution in [3.05, 3.63) is 0 Å². The summed E-state index contributed by atoms with van der Waals surface area (Å²) in [7, 11) is 0. The van der Waals surface area contributed by atoms with E-state index < -0.39 is 0 Å². The highest BCUT2D eigenvalue weighted by atomic mass is 16.5. The minimum absolute atomic E-state index is 0.488. The summed E-state index contributed by atoms with van der Waals surface area (Å²) in [5.74, 6) is 0. The molecule has 0 aromatic carbocycles. The van der Waals surface area contributed by atoms with E-state index in [1.54, 1.807) is 0 Å². The zero-order valence-electron chi connectivity index (χ0n) is 11.9. The average Bonchev–Trinajstić information content (AvgIpc) is 2.33. The molecule has 0 aliphatic carbocycles. The average molecular weight is 242 g/mol. The SMILES string of the molecule is CCN1CCOC(CCCCCNC(C)C)C1. The molecule has 3 nitrogen and oxygen atoms in total. The van der Waals surface area contributed by atoms with Gasteiger partial charge in [0, 0.05) is 19.1 Å². The Kier molecular flexibility index (Phi) is 7.82. The monoisotopic (exact) mass is 242 g/mol. The zero-order valence-corrected chi connectivity index (χ0v) is 11.9. The van der Waals surface area contributed by atoms with Crippen LogP contribution in [0.2, 0.25) is 0 Å². The van der Waals surface area contributed by atoms with Crippen molar-refractivity contribution in [2.75, 3.05) is 32.8 Å². The van der Waals surface area contributed by atoms with Gasteiger partial charge in [0.05, 0.1) is 12.7 Å². The van der Waals surface area contributed by atoms with Crippen LogP contribution in [0.15, 0.2) is 0 Å². The molecule has 0 radical (unpaired) electrons. The fourth-order valence-corrected chi connectivity index (χ4v) is 2.31. The summed E-state index contributed by atoms with van der Waals surface area (Å²) < 4.78 is 5.80. The fraction of sp³-hybridized carbons (Fsp3) is 1.00. The molecule has 1 aliphatic heterocycles. The van der Waals surface area contributed by atoms with Gasteiger partial charge >= 0.3 is 0 Å². The molecule has 1 unspecified atom stereocenters. The lowest BCUT2D eigenvalue weighted by Gasteiger charge is -2.32. The number of unbranched alkanes of at least 4 members (excludes halogenated alkanes) is 2. The van der Waals surface area contributed by atoms with E-state index in [2.05, 4.69) is 31.0 Å². The van der Waals surface area contributed by atoms with Crippen molar-refractivity contribution in [2.24, 2.45) is 0 Å². The summed E-state index contributed by atoms with van der Waals surface area (Å²) in [6.07, 6.45) is 5.65. The summed E-state index contributed by atoms with van der Waals surface area (Å²) in [6.45, 7) is 12.1. The van der Waals surface area contributed by atoms with E-state index in [4.69, 9.17) is 4.74 Å². The second kappa shape index (κ2) is 8.90. The molecular weight excluding hydrogens is 212 g/mol. The number of morpholine rings is 1. The van der Waals surface area contributed by atoms with Gasteiger partial charge < -0.3 is 10.1 Å². The lowest BCUT2D eigenvalue weighted by atomic mass is 10.1. The van der Waals surface area contributed by atoms with Crippen molar-refractivity contribution in [3.8, 4) is 0 Å². The predicted octanol–water partition coefficient (Wildman–Crippen LogP) is 2.27. The van der Waals surface area contributed by atoms with Gasteiger partial charge in [-0.05, 0) is 25.9 Å². The molecule has 17 heavy (non-hydrogen) atoms. The Balaban J connectivity index is 1.95. The number of likely N-dealkylation sites (N-methyl/N-ethyl adjacent to an activating group) is 1. The largest absolute Gasteiger partial charge is 0.376 e. The Labute approximate surface area is 107 Å². The molecule has 0 bridgehead atoms. The fourth-order valence-electron chi connectivity index (χ4n) is 2.31. The van der Waals surface area contributed by atoms with Crippen molar-refractivity contribution >= 4 is 0 Å². The van der Waals surface area contributed by atoms with Crippen LogP contribution in [-0.4, -0.2) is 49.8 Å². The number of rotatable bonds is 8. The lowest BCUT2D eigenvalue weighted by Crippen LogP contribution is -2.42. The normalized spacial score (nSPS) is 22.2. The molecule has 1 atom stereocenters. The smallest absolute Gasteiger partial charge is 0.0702 e. The highest BCUT2D eigenvalue weighted by Crippen LogP contribution is 2.12. The zero-order chi connectivity index (χ0) is 12.5. The van der Waals surface area contributed by atoms with E-state index >= 15 is 0 Å². The van der Waals surface area contributed by atoms with E-state index in [0.717, 1.165) is 32.8 Å². The molecule has 1 rings (SSSR count). The third-order valence-corrected chi connectivity index (χ3v) is 3.43. The number of hydrogen-bond acceptors (Lipinski definition) is 3. The van der Waals surface area contributed by atoms with Gasteiger partial charge in [0.25, 0.3) is 0 Å². The van der Waals surface area contributed by atoms with Gasteiger partial charge in [0.15, 0.2) is 0 Å². The molecular formula is C14H30N2O. The van der Waals surface area contributed by atoms with Gasteiger partial charge in [-0.3, -0.25) is 4.90 Å². The Morgan fingerprint density at radius 1 is 1.29 bits per heavy atom. The molecule has 1 N–H and O–H groups in total. The third-order valence-electron chi connectivity index (χ3n) is 3.43. The molecule has 0 saturated carbocycles. The first-order chi connectivity index (χ1) is 8.22. The van der Waals surface area contributed by atoms with E-state index in [9.17, 15) is 0 Å². The molecule has 102 valence electrons. The summed E-state index contributed by atoms with van der Waals surface area (Å²) in [5.41, 5.74) is 0. The summed E-state index contributed by atoms with van der Waals surface area (Å²) >= 11 is 0. The van der Waals surface area contributed by atoms with E-state index in [1.165, 1.54) is 25.7 Å². The number of hydrogen-bond donors (Lipinski definition) is 1. The van der Waals surface area contributed by atoms with Crippen LogP contribution in [0.4, 0.5) is 0 Å². The first-order valence-corrected chi connectivity index (χ1v) is 7.29. The number of nitrogens with one attached hydrogen (secondary N) is 1. The van der Waals surface area contributed by atoms with Gasteiger partial charge in [-0.25, -0.2) is 0 Å². The minimum atomic E-state index is 0.488. The molecule has 0 aromatic heterocycles. The minimum Gasteiger partial charge on any atom is -0.376 e. The van der Waals surface area contributed by atoms with Crippen molar-refractivity contribution in [1.82, 2.24) is 10.2 Å². The number of ether oxygens (including phenoxy) is 1. The van der Waals surface area contributed by atoms with Crippen LogP contribution < -0.4 is 5.32 Å². The lowest BCUT2D eigenvalue weighted by molar-refractivity contribution is -0.0312. The molecule has 1 saturated heterocycles. The Bertz CT molecular complexity index is 185. The van der Waals surface area contributed by atoms with E-state index in [1.807, 2.05) is 0 Å². The highest BCUT2D eigenvalue weighted by Gasteiger charge is 2.18. The molecule has 3 heteroatoms. The molecule has 0 amide bonds. The maximum absolute atomic E-state index is 5.80. The first-order valence-electron chi connectivity index (χ1n) is 7.29. The van der Waals surface area contributed by atoms with Crippen LogP contribution in [0.5, 0.6) is 0 Å².